The number of nitrogens with two attached hydrogens (primary N) is 1. The number of amides is 1. The standard InChI is InChI=1S/C13H18N2O5/c1-19-6-5-10(13(17)18)15-12(16)9-4-3-8(14)7-11(9)20-2/h3-4,7,10H,5-6,14H2,1-2H3,(H,15,16)(H,17,18). The molecule has 1 amide bonds. The Labute approximate surface area is 116 Å². The summed E-state index contributed by atoms with van der Waals surface area (Å²) in [5, 5.41) is 11.5. The van der Waals surface area contributed by atoms with E-state index in [2.05, 4.69) is 5.32 Å². The molecule has 0 saturated carbocycles. The number of nitrogens with one attached hydrogen (secondary N) is 1. The smallest absolute Gasteiger partial charge is 0.326 e. The van der Waals surface area contributed by atoms with Gasteiger partial charge in [0.15, 0.2) is 0 Å². The van der Waals surface area contributed by atoms with Crippen LogP contribution in [-0.4, -0.2) is 43.9 Å². The lowest BCUT2D eigenvalue weighted by atomic mass is 10.1. The van der Waals surface area contributed by atoms with Crippen molar-refractivity contribution in [1.29, 1.82) is 0 Å². The number of anilines is 1. The SMILES string of the molecule is COCCC(NC(=O)c1ccc(N)cc1OC)C(=O)O. The van der Waals surface area contributed by atoms with E-state index in [1.54, 1.807) is 6.07 Å². The van der Waals surface area contributed by atoms with E-state index in [9.17, 15) is 9.59 Å². The molecule has 1 aromatic carbocycles. The molecule has 7 nitrogen and oxygen atoms in total. The second-order valence-corrected chi connectivity index (χ2v) is 4.11. The van der Waals surface area contributed by atoms with Gasteiger partial charge in [0.1, 0.15) is 11.8 Å². The maximum atomic E-state index is 12.1. The molecule has 1 aromatic rings. The quantitative estimate of drug-likeness (QED) is 0.628. The zero-order valence-electron chi connectivity index (χ0n) is 11.4. The van der Waals surface area contributed by atoms with Crippen LogP contribution in [0.15, 0.2) is 18.2 Å². The molecule has 0 bridgehead atoms. The van der Waals surface area contributed by atoms with Crippen LogP contribution in [0.4, 0.5) is 5.69 Å². The molecule has 0 fully saturated rings. The van der Waals surface area contributed by atoms with Gasteiger partial charge in [-0.2, -0.15) is 0 Å². The van der Waals surface area contributed by atoms with E-state index in [1.807, 2.05) is 0 Å². The summed E-state index contributed by atoms with van der Waals surface area (Å²) in [5.41, 5.74) is 6.27. The Hall–Kier alpha value is -2.28. The molecule has 7 heteroatoms. The average Bonchev–Trinajstić information content (AvgIpc) is 2.42. The Bertz CT molecular complexity index is 490. The van der Waals surface area contributed by atoms with Gasteiger partial charge in [0.2, 0.25) is 0 Å². The molecule has 0 spiro atoms. The zero-order valence-corrected chi connectivity index (χ0v) is 11.4. The van der Waals surface area contributed by atoms with Crippen molar-refractivity contribution in [3.8, 4) is 5.75 Å². The van der Waals surface area contributed by atoms with Crippen molar-refractivity contribution in [2.45, 2.75) is 12.5 Å². The van der Waals surface area contributed by atoms with Crippen LogP contribution in [0.5, 0.6) is 5.75 Å². The molecule has 0 aliphatic rings. The van der Waals surface area contributed by atoms with Gasteiger partial charge in [0.05, 0.1) is 12.7 Å². The lowest BCUT2D eigenvalue weighted by molar-refractivity contribution is -0.139. The van der Waals surface area contributed by atoms with Gasteiger partial charge in [-0.3, -0.25) is 4.79 Å². The summed E-state index contributed by atoms with van der Waals surface area (Å²) in [7, 11) is 2.87. The maximum absolute atomic E-state index is 12.1. The first kappa shape index (κ1) is 15.8. The van der Waals surface area contributed by atoms with Crippen molar-refractivity contribution in [1.82, 2.24) is 5.32 Å². The number of carboxylic acid groups (broad SMARTS) is 1. The van der Waals surface area contributed by atoms with Crippen LogP contribution < -0.4 is 15.8 Å². The van der Waals surface area contributed by atoms with Gasteiger partial charge in [-0.25, -0.2) is 4.79 Å². The number of ether oxygens (including phenoxy) is 2. The van der Waals surface area contributed by atoms with Crippen molar-refractivity contribution in [3.05, 3.63) is 23.8 Å². The fourth-order valence-electron chi connectivity index (χ4n) is 1.62. The average molecular weight is 282 g/mol. The number of carbonyl (C=O) groups excluding carboxylic acids is 1. The molecule has 1 atom stereocenters. The van der Waals surface area contributed by atoms with Gasteiger partial charge in [-0.05, 0) is 12.1 Å². The highest BCUT2D eigenvalue weighted by Crippen LogP contribution is 2.21. The fourth-order valence-corrected chi connectivity index (χ4v) is 1.62. The van der Waals surface area contributed by atoms with Crippen molar-refractivity contribution in [2.75, 3.05) is 26.6 Å². The highest BCUT2D eigenvalue weighted by molar-refractivity contribution is 5.99. The van der Waals surface area contributed by atoms with Gasteiger partial charge >= 0.3 is 5.97 Å². The number of nitrogen functional groups attached to an aromatic ring is 1. The summed E-state index contributed by atoms with van der Waals surface area (Å²) in [6, 6.07) is 3.51. The second kappa shape index (κ2) is 7.34. The largest absolute Gasteiger partial charge is 0.496 e. The lowest BCUT2D eigenvalue weighted by Crippen LogP contribution is -2.41. The van der Waals surface area contributed by atoms with Crippen LogP contribution >= 0.6 is 0 Å². The van der Waals surface area contributed by atoms with E-state index >= 15 is 0 Å². The zero-order chi connectivity index (χ0) is 15.1. The first-order valence-corrected chi connectivity index (χ1v) is 5.95. The van der Waals surface area contributed by atoms with E-state index in [0.29, 0.717) is 11.4 Å². The number of aliphatic carboxylic acids is 1. The van der Waals surface area contributed by atoms with Gasteiger partial charge in [-0.15, -0.1) is 0 Å². The van der Waals surface area contributed by atoms with Gasteiger partial charge in [0.25, 0.3) is 5.91 Å². The van der Waals surface area contributed by atoms with E-state index in [1.165, 1.54) is 26.4 Å². The van der Waals surface area contributed by atoms with Crippen LogP contribution in [0.25, 0.3) is 0 Å². The summed E-state index contributed by atoms with van der Waals surface area (Å²) in [6.07, 6.45) is 0.175. The third-order valence-electron chi connectivity index (χ3n) is 2.68. The third-order valence-corrected chi connectivity index (χ3v) is 2.68. The molecule has 0 radical (unpaired) electrons. The summed E-state index contributed by atoms with van der Waals surface area (Å²) < 4.78 is 9.87. The molecule has 110 valence electrons. The van der Waals surface area contributed by atoms with E-state index in [-0.39, 0.29) is 18.6 Å². The normalized spacial score (nSPS) is 11.7. The van der Waals surface area contributed by atoms with E-state index in [0.717, 1.165) is 0 Å². The number of carboxylic acids is 1. The molecule has 4 N–H and O–H groups in total. The molecule has 0 aliphatic carbocycles. The third kappa shape index (κ3) is 4.13. The first-order chi connectivity index (χ1) is 9.49. The predicted molar refractivity (Wildman–Crippen MR) is 72.8 cm³/mol. The van der Waals surface area contributed by atoms with Crippen LogP contribution in [0, 0.1) is 0 Å². The number of hydrogen-bond acceptors (Lipinski definition) is 5. The molecule has 0 saturated heterocycles. The van der Waals surface area contributed by atoms with Crippen molar-refractivity contribution in [3.63, 3.8) is 0 Å². The molecule has 0 heterocycles. The predicted octanol–water partition coefficient (Wildman–Crippen LogP) is 0.497. The van der Waals surface area contributed by atoms with Gasteiger partial charge in [0, 0.05) is 31.9 Å². The van der Waals surface area contributed by atoms with Crippen LogP contribution in [0.3, 0.4) is 0 Å². The minimum Gasteiger partial charge on any atom is -0.496 e. The maximum Gasteiger partial charge on any atom is 0.326 e. The summed E-state index contributed by atoms with van der Waals surface area (Å²) in [5.74, 6) is -1.37. The molecular formula is C13H18N2O5. The van der Waals surface area contributed by atoms with Gasteiger partial charge in [-0.1, -0.05) is 0 Å². The fraction of sp³-hybridized carbons (Fsp3) is 0.385. The van der Waals surface area contributed by atoms with Gasteiger partial charge < -0.3 is 25.6 Å². The van der Waals surface area contributed by atoms with Crippen LogP contribution in [-0.2, 0) is 9.53 Å². The Morgan fingerprint density at radius 1 is 1.40 bits per heavy atom. The van der Waals surface area contributed by atoms with Crippen LogP contribution in [0.2, 0.25) is 0 Å². The lowest BCUT2D eigenvalue weighted by Gasteiger charge is -2.15. The monoisotopic (exact) mass is 282 g/mol. The van der Waals surface area contributed by atoms with Crippen molar-refractivity contribution < 1.29 is 24.2 Å². The Kier molecular flexibility index (Phi) is 5.79. The molecule has 20 heavy (non-hydrogen) atoms. The second-order valence-electron chi connectivity index (χ2n) is 4.11. The minimum absolute atomic E-state index is 0.175. The van der Waals surface area contributed by atoms with E-state index < -0.39 is 17.9 Å². The number of rotatable bonds is 7. The molecule has 1 unspecified atom stereocenters. The molecule has 1 rings (SSSR count). The highest BCUT2D eigenvalue weighted by atomic mass is 16.5. The number of hydrogen-bond donors (Lipinski definition) is 3. The number of benzene rings is 1. The molecule has 0 aromatic heterocycles. The highest BCUT2D eigenvalue weighted by Gasteiger charge is 2.22. The van der Waals surface area contributed by atoms with E-state index in [4.69, 9.17) is 20.3 Å². The summed E-state index contributed by atoms with van der Waals surface area (Å²) >= 11 is 0. The Morgan fingerprint density at radius 3 is 2.65 bits per heavy atom. The van der Waals surface area contributed by atoms with Crippen molar-refractivity contribution in [2.24, 2.45) is 0 Å². The van der Waals surface area contributed by atoms with Crippen molar-refractivity contribution >= 4 is 17.6 Å². The first-order valence-electron chi connectivity index (χ1n) is 5.95. The van der Waals surface area contributed by atoms with Crippen LogP contribution in [0.1, 0.15) is 16.8 Å². The minimum atomic E-state index is -1.12. The number of methoxy groups -OCH3 is 2. The molecular weight excluding hydrogens is 264 g/mol. The Balaban J connectivity index is 2.86. The topological polar surface area (TPSA) is 111 Å². The summed E-state index contributed by atoms with van der Waals surface area (Å²) in [4.78, 5) is 23.1. The number of carbonyl (C=O) groups is 2. The summed E-state index contributed by atoms with van der Waals surface area (Å²) in [6.45, 7) is 0.232. The Morgan fingerprint density at radius 2 is 2.10 bits per heavy atom. The molecule has 0 aliphatic heterocycles.